The highest BCUT2D eigenvalue weighted by Gasteiger charge is 2.19. The number of aromatic nitrogens is 1. The molecule has 1 aromatic carbocycles. The molecule has 0 saturated heterocycles. The molecule has 12 heteroatoms. The second-order valence-corrected chi connectivity index (χ2v) is 9.76. The Morgan fingerprint density at radius 2 is 1.94 bits per heavy atom. The van der Waals surface area contributed by atoms with Gasteiger partial charge in [0.05, 0.1) is 5.56 Å². The maximum absolute atomic E-state index is 11.7. The molecule has 1 atom stereocenters. The summed E-state index contributed by atoms with van der Waals surface area (Å²) < 4.78 is 44.4. The number of nitrogens with one attached hydrogen (secondary N) is 2. The highest BCUT2D eigenvalue weighted by Crippen LogP contribution is 2.35. The van der Waals surface area contributed by atoms with Gasteiger partial charge in [0.2, 0.25) is 0 Å². The van der Waals surface area contributed by atoms with Crippen molar-refractivity contribution >= 4 is 43.9 Å². The van der Waals surface area contributed by atoms with Gasteiger partial charge in [-0.05, 0) is 30.9 Å². The summed E-state index contributed by atoms with van der Waals surface area (Å²) in [4.78, 5) is 4.10. The average Bonchev–Trinajstić information content (AvgIpc) is 2.78. The van der Waals surface area contributed by atoms with Crippen molar-refractivity contribution in [2.75, 3.05) is 29.5 Å². The molecule has 0 radical (unpaired) electrons. The summed E-state index contributed by atoms with van der Waals surface area (Å²) in [5.41, 5.74) is 0.916. The van der Waals surface area contributed by atoms with Crippen LogP contribution >= 0.6 is 0 Å². The van der Waals surface area contributed by atoms with Crippen LogP contribution < -0.4 is 10.6 Å². The van der Waals surface area contributed by atoms with Gasteiger partial charge < -0.3 is 10.6 Å². The predicted octanol–water partition coefficient (Wildman–Crippen LogP) is 4.44. The van der Waals surface area contributed by atoms with E-state index < -0.39 is 25.8 Å². The van der Waals surface area contributed by atoms with E-state index in [1.807, 2.05) is 6.92 Å². The number of azo groups is 1. The van der Waals surface area contributed by atoms with Gasteiger partial charge in [0.15, 0.2) is 5.82 Å². The minimum Gasteiger partial charge on any atom is -0.369 e. The van der Waals surface area contributed by atoms with Gasteiger partial charge in [-0.3, -0.25) is 8.76 Å². The zero-order valence-corrected chi connectivity index (χ0v) is 20.0. The Morgan fingerprint density at radius 3 is 2.58 bits per heavy atom. The molecular weight excluding hydrogens is 464 g/mol. The minimum atomic E-state index is -4.51. The van der Waals surface area contributed by atoms with Crippen LogP contribution in [0.3, 0.4) is 0 Å². The fraction of sp³-hybridized carbons (Fsp3) is 0.333. The first kappa shape index (κ1) is 26.1. The number of pyridine rings is 1. The van der Waals surface area contributed by atoms with Gasteiger partial charge in [0, 0.05) is 35.2 Å². The molecule has 0 bridgehead atoms. The molecule has 176 valence electrons. The van der Waals surface area contributed by atoms with Crippen molar-refractivity contribution < 1.29 is 17.2 Å². The summed E-state index contributed by atoms with van der Waals surface area (Å²) in [7, 11) is -5.73. The normalized spacial score (nSPS) is 12.3. The van der Waals surface area contributed by atoms with Crippen molar-refractivity contribution in [3.63, 3.8) is 0 Å². The molecule has 0 saturated carbocycles. The molecule has 1 aromatic heterocycles. The number of nitrogens with zero attached hydrogens (tertiary/aromatic N) is 4. The zero-order chi connectivity index (χ0) is 24.4. The van der Waals surface area contributed by atoms with Crippen molar-refractivity contribution in [3.05, 3.63) is 47.4 Å². The summed E-state index contributed by atoms with van der Waals surface area (Å²) in [6.07, 6.45) is 1.85. The standard InChI is InChI=1S/C21H26N6O4S2/c1-4-6-11-23-20-16(14-22)15(3)19(21(25-20)24-12-13-32(28)5-2)27-26-17-9-7-8-10-18(17)33(29,30)31/h5,7-10H,2,4,6,11-13H2,1,3H3,(H2,23,24,25)(H,29,30,31). The fourth-order valence-corrected chi connectivity index (χ4v) is 3.90. The smallest absolute Gasteiger partial charge is 0.296 e. The van der Waals surface area contributed by atoms with Crippen LogP contribution in [0.15, 0.2) is 51.4 Å². The topological polar surface area (TPSA) is 157 Å². The molecule has 0 aliphatic rings. The molecule has 0 amide bonds. The number of unbranched alkanes of at least 4 members (excludes halogenated alkanes) is 1. The van der Waals surface area contributed by atoms with Gasteiger partial charge in [0.25, 0.3) is 10.1 Å². The van der Waals surface area contributed by atoms with Gasteiger partial charge in [-0.15, -0.1) is 10.2 Å². The van der Waals surface area contributed by atoms with Gasteiger partial charge in [-0.25, -0.2) is 4.98 Å². The molecule has 2 rings (SSSR count). The number of anilines is 2. The first-order chi connectivity index (χ1) is 15.7. The SMILES string of the molecule is C=CS(=O)CCNc1nc(NCCCC)c(C#N)c(C)c1N=Nc1ccccc1S(=O)(=O)O. The first-order valence-electron chi connectivity index (χ1n) is 10.1. The van der Waals surface area contributed by atoms with Gasteiger partial charge in [-0.2, -0.15) is 13.7 Å². The van der Waals surface area contributed by atoms with Crippen LogP contribution in [0.4, 0.5) is 23.0 Å². The highest BCUT2D eigenvalue weighted by molar-refractivity contribution is 7.88. The third kappa shape index (κ3) is 7.18. The summed E-state index contributed by atoms with van der Waals surface area (Å²) in [5.74, 6) is 0.957. The van der Waals surface area contributed by atoms with E-state index in [1.165, 1.54) is 23.6 Å². The van der Waals surface area contributed by atoms with Crippen LogP contribution in [-0.2, 0) is 20.9 Å². The maximum Gasteiger partial charge on any atom is 0.296 e. The van der Waals surface area contributed by atoms with Crippen molar-refractivity contribution in [2.24, 2.45) is 10.2 Å². The van der Waals surface area contributed by atoms with Crippen LogP contribution in [-0.4, -0.2) is 41.0 Å². The zero-order valence-electron chi connectivity index (χ0n) is 18.4. The molecule has 1 heterocycles. The third-order valence-corrected chi connectivity index (χ3v) is 6.41. The summed E-state index contributed by atoms with van der Waals surface area (Å²) in [6.45, 7) is 8.14. The Balaban J connectivity index is 2.54. The van der Waals surface area contributed by atoms with E-state index in [2.05, 4.69) is 38.5 Å². The monoisotopic (exact) mass is 490 g/mol. The largest absolute Gasteiger partial charge is 0.369 e. The van der Waals surface area contributed by atoms with Gasteiger partial charge in [0.1, 0.15) is 28.2 Å². The quantitative estimate of drug-likeness (QED) is 0.224. The van der Waals surface area contributed by atoms with Crippen LogP contribution in [0.2, 0.25) is 0 Å². The Morgan fingerprint density at radius 1 is 1.24 bits per heavy atom. The Kier molecular flexibility index (Phi) is 9.65. The number of nitriles is 1. The number of hydrogen-bond acceptors (Lipinski definition) is 9. The number of hydrogen-bond donors (Lipinski definition) is 3. The number of rotatable bonds is 12. The molecule has 0 fully saturated rings. The highest BCUT2D eigenvalue weighted by atomic mass is 32.2. The third-order valence-electron chi connectivity index (χ3n) is 4.53. The average molecular weight is 491 g/mol. The van der Waals surface area contributed by atoms with Crippen molar-refractivity contribution in [3.8, 4) is 6.07 Å². The van der Waals surface area contributed by atoms with Crippen LogP contribution in [0.5, 0.6) is 0 Å². The molecule has 0 aliphatic carbocycles. The first-order valence-corrected chi connectivity index (χ1v) is 13.0. The Labute approximate surface area is 196 Å². The van der Waals surface area contributed by atoms with E-state index in [-0.39, 0.29) is 29.2 Å². The van der Waals surface area contributed by atoms with Crippen LogP contribution in [0.1, 0.15) is 30.9 Å². The molecule has 0 spiro atoms. The van der Waals surface area contributed by atoms with E-state index >= 15 is 0 Å². The second kappa shape index (κ2) is 12.2. The molecule has 0 aliphatic heterocycles. The lowest BCUT2D eigenvalue weighted by molar-refractivity contribution is 0.483. The minimum absolute atomic E-state index is 0.0678. The lowest BCUT2D eigenvalue weighted by atomic mass is 10.1. The molecule has 10 nitrogen and oxygen atoms in total. The molecular formula is C21H26N6O4S2. The van der Waals surface area contributed by atoms with E-state index in [1.54, 1.807) is 13.0 Å². The fourth-order valence-electron chi connectivity index (χ4n) is 2.80. The molecule has 33 heavy (non-hydrogen) atoms. The summed E-state index contributed by atoms with van der Waals surface area (Å²) in [5, 5.41) is 25.4. The van der Waals surface area contributed by atoms with Crippen molar-refractivity contribution in [1.29, 1.82) is 5.26 Å². The summed E-state index contributed by atoms with van der Waals surface area (Å²) in [6, 6.07) is 7.73. The Hall–Kier alpha value is -3.14. The van der Waals surface area contributed by atoms with Crippen LogP contribution in [0, 0.1) is 18.3 Å². The van der Waals surface area contributed by atoms with E-state index in [9.17, 15) is 22.4 Å². The number of benzene rings is 1. The predicted molar refractivity (Wildman–Crippen MR) is 129 cm³/mol. The van der Waals surface area contributed by atoms with E-state index in [0.717, 1.165) is 12.8 Å². The maximum atomic E-state index is 11.7. The summed E-state index contributed by atoms with van der Waals surface area (Å²) >= 11 is 0. The lowest BCUT2D eigenvalue weighted by Gasteiger charge is -2.15. The van der Waals surface area contributed by atoms with Crippen molar-refractivity contribution in [1.82, 2.24) is 4.98 Å². The van der Waals surface area contributed by atoms with Gasteiger partial charge >= 0.3 is 0 Å². The molecule has 1 unspecified atom stereocenters. The Bertz CT molecular complexity index is 1210. The van der Waals surface area contributed by atoms with E-state index in [0.29, 0.717) is 23.7 Å². The van der Waals surface area contributed by atoms with Gasteiger partial charge in [-0.1, -0.05) is 32.1 Å². The van der Waals surface area contributed by atoms with Crippen molar-refractivity contribution in [2.45, 2.75) is 31.6 Å². The van der Waals surface area contributed by atoms with E-state index in [4.69, 9.17) is 0 Å². The van der Waals surface area contributed by atoms with Crippen LogP contribution in [0.25, 0.3) is 0 Å². The molecule has 2 aromatic rings. The second-order valence-electron chi connectivity index (χ2n) is 6.87. The lowest BCUT2D eigenvalue weighted by Crippen LogP contribution is -2.13. The molecule has 3 N–H and O–H groups in total.